The molecule has 1 unspecified atom stereocenters. The molecule has 1 aliphatic rings. The van der Waals surface area contributed by atoms with Crippen molar-refractivity contribution in [3.8, 4) is 0 Å². The second-order valence-electron chi connectivity index (χ2n) is 7.53. The van der Waals surface area contributed by atoms with Crippen molar-refractivity contribution in [1.82, 2.24) is 14.8 Å². The van der Waals surface area contributed by atoms with Crippen LogP contribution in [-0.4, -0.2) is 61.0 Å². The molecule has 1 atom stereocenters. The van der Waals surface area contributed by atoms with Crippen LogP contribution < -0.4 is 5.32 Å². The van der Waals surface area contributed by atoms with E-state index < -0.39 is 0 Å². The lowest BCUT2D eigenvalue weighted by Gasteiger charge is -2.33. The maximum atomic E-state index is 12.1. The molecule has 144 valence electrons. The molecular weight excluding hydrogens is 336 g/mol. The maximum Gasteiger partial charge on any atom is 0.272 e. The third-order valence-corrected chi connectivity index (χ3v) is 5.11. The van der Waals surface area contributed by atoms with Gasteiger partial charge >= 0.3 is 0 Å². The minimum atomic E-state index is -0.0663. The van der Waals surface area contributed by atoms with Crippen LogP contribution >= 0.6 is 0 Å². The summed E-state index contributed by atoms with van der Waals surface area (Å²) < 4.78 is 0. The molecular formula is C22H30N4O. The standard InChI is InChI=1S/C22H30N4O/c1-25(2)22(27)20-11-6-12-21(24-20)23-16-19-10-7-14-26(17-19)15-13-18-8-4-3-5-9-18/h3-6,8-9,11-12,19H,7,10,13-17H2,1-2H3,(H,23,24). The molecule has 0 aliphatic carbocycles. The maximum absolute atomic E-state index is 12.1. The van der Waals surface area contributed by atoms with Crippen LogP contribution in [0, 0.1) is 5.92 Å². The van der Waals surface area contributed by atoms with Crippen molar-refractivity contribution in [1.29, 1.82) is 0 Å². The van der Waals surface area contributed by atoms with E-state index in [1.165, 1.54) is 24.9 Å². The van der Waals surface area contributed by atoms with Gasteiger partial charge in [-0.15, -0.1) is 0 Å². The van der Waals surface area contributed by atoms with Crippen LogP contribution in [0.2, 0.25) is 0 Å². The Labute approximate surface area is 162 Å². The van der Waals surface area contributed by atoms with Crippen molar-refractivity contribution in [2.75, 3.05) is 45.6 Å². The smallest absolute Gasteiger partial charge is 0.272 e. The van der Waals surface area contributed by atoms with E-state index in [1.807, 2.05) is 12.1 Å². The summed E-state index contributed by atoms with van der Waals surface area (Å²) in [6.45, 7) is 4.32. The van der Waals surface area contributed by atoms with Gasteiger partial charge in [-0.2, -0.15) is 0 Å². The zero-order chi connectivity index (χ0) is 19.1. The number of hydrogen-bond acceptors (Lipinski definition) is 4. The molecule has 1 saturated heterocycles. The van der Waals surface area contributed by atoms with Gasteiger partial charge in [0.2, 0.25) is 0 Å². The largest absolute Gasteiger partial charge is 0.370 e. The van der Waals surface area contributed by atoms with E-state index in [-0.39, 0.29) is 5.91 Å². The Kier molecular flexibility index (Phi) is 6.82. The van der Waals surface area contributed by atoms with Gasteiger partial charge in [0.15, 0.2) is 0 Å². The number of rotatable bonds is 7. The summed E-state index contributed by atoms with van der Waals surface area (Å²) >= 11 is 0. The van der Waals surface area contributed by atoms with Crippen LogP contribution in [0.5, 0.6) is 0 Å². The molecule has 3 rings (SSSR count). The molecule has 5 nitrogen and oxygen atoms in total. The van der Waals surface area contributed by atoms with Crippen LogP contribution in [0.1, 0.15) is 28.9 Å². The highest BCUT2D eigenvalue weighted by Crippen LogP contribution is 2.18. The number of anilines is 1. The van der Waals surface area contributed by atoms with Gasteiger partial charge in [-0.3, -0.25) is 4.79 Å². The number of hydrogen-bond donors (Lipinski definition) is 1. The minimum Gasteiger partial charge on any atom is -0.370 e. The average molecular weight is 367 g/mol. The van der Waals surface area contributed by atoms with Crippen molar-refractivity contribution in [2.24, 2.45) is 5.92 Å². The highest BCUT2D eigenvalue weighted by molar-refractivity contribution is 5.92. The molecule has 2 heterocycles. The quantitative estimate of drug-likeness (QED) is 0.818. The molecule has 1 aromatic carbocycles. The first-order chi connectivity index (χ1) is 13.1. The highest BCUT2D eigenvalue weighted by Gasteiger charge is 2.20. The molecule has 5 heteroatoms. The van der Waals surface area contributed by atoms with E-state index in [2.05, 4.69) is 45.5 Å². The monoisotopic (exact) mass is 366 g/mol. The summed E-state index contributed by atoms with van der Waals surface area (Å²) in [6.07, 6.45) is 3.59. The van der Waals surface area contributed by atoms with Crippen molar-refractivity contribution in [2.45, 2.75) is 19.3 Å². The fourth-order valence-corrected chi connectivity index (χ4v) is 3.58. The zero-order valence-electron chi connectivity index (χ0n) is 16.4. The van der Waals surface area contributed by atoms with Crippen molar-refractivity contribution >= 4 is 11.7 Å². The van der Waals surface area contributed by atoms with Crippen LogP contribution in [-0.2, 0) is 6.42 Å². The number of likely N-dealkylation sites (tertiary alicyclic amines) is 1. The third kappa shape index (κ3) is 5.79. The summed E-state index contributed by atoms with van der Waals surface area (Å²) in [5.74, 6) is 1.33. The number of carbonyl (C=O) groups excluding carboxylic acids is 1. The van der Waals surface area contributed by atoms with E-state index in [0.29, 0.717) is 11.6 Å². The fraction of sp³-hybridized carbons (Fsp3) is 0.455. The number of amides is 1. The van der Waals surface area contributed by atoms with E-state index in [9.17, 15) is 4.79 Å². The number of pyridine rings is 1. The van der Waals surface area contributed by atoms with Gasteiger partial charge in [0.25, 0.3) is 5.91 Å². The van der Waals surface area contributed by atoms with Gasteiger partial charge in [0.1, 0.15) is 11.5 Å². The Bertz CT molecular complexity index is 732. The molecule has 2 aromatic rings. The molecule has 0 radical (unpaired) electrons. The van der Waals surface area contributed by atoms with Crippen LogP contribution in [0.15, 0.2) is 48.5 Å². The van der Waals surface area contributed by atoms with Gasteiger partial charge in [-0.1, -0.05) is 36.4 Å². The van der Waals surface area contributed by atoms with Gasteiger partial charge in [-0.25, -0.2) is 4.98 Å². The lowest BCUT2D eigenvalue weighted by Crippen LogP contribution is -2.39. The van der Waals surface area contributed by atoms with E-state index in [1.54, 1.807) is 25.1 Å². The number of nitrogens with zero attached hydrogens (tertiary/aromatic N) is 3. The molecule has 0 bridgehead atoms. The van der Waals surface area contributed by atoms with Crippen LogP contribution in [0.25, 0.3) is 0 Å². The Morgan fingerprint density at radius 2 is 2.00 bits per heavy atom. The van der Waals surface area contributed by atoms with Gasteiger partial charge in [0, 0.05) is 33.7 Å². The zero-order valence-corrected chi connectivity index (χ0v) is 16.4. The summed E-state index contributed by atoms with van der Waals surface area (Å²) in [5, 5.41) is 3.43. The first-order valence-corrected chi connectivity index (χ1v) is 9.80. The topological polar surface area (TPSA) is 48.5 Å². The first-order valence-electron chi connectivity index (χ1n) is 9.80. The van der Waals surface area contributed by atoms with Crippen molar-refractivity contribution in [3.63, 3.8) is 0 Å². The molecule has 1 N–H and O–H groups in total. The van der Waals surface area contributed by atoms with E-state index >= 15 is 0 Å². The Balaban J connectivity index is 1.48. The molecule has 0 spiro atoms. The van der Waals surface area contributed by atoms with Gasteiger partial charge < -0.3 is 15.1 Å². The lowest BCUT2D eigenvalue weighted by atomic mass is 9.97. The third-order valence-electron chi connectivity index (χ3n) is 5.11. The second-order valence-corrected chi connectivity index (χ2v) is 7.53. The summed E-state index contributed by atoms with van der Waals surface area (Å²) in [5.41, 5.74) is 1.89. The summed E-state index contributed by atoms with van der Waals surface area (Å²) in [7, 11) is 3.49. The predicted octanol–water partition coefficient (Wildman–Crippen LogP) is 3.15. The second kappa shape index (κ2) is 9.51. The first kappa shape index (κ1) is 19.4. The molecule has 1 aliphatic heterocycles. The van der Waals surface area contributed by atoms with E-state index in [4.69, 9.17) is 0 Å². The molecule has 1 fully saturated rings. The molecule has 1 aromatic heterocycles. The Morgan fingerprint density at radius 3 is 2.78 bits per heavy atom. The van der Waals surface area contributed by atoms with E-state index in [0.717, 1.165) is 31.9 Å². The lowest BCUT2D eigenvalue weighted by molar-refractivity contribution is 0.0822. The van der Waals surface area contributed by atoms with Gasteiger partial charge in [-0.05, 0) is 49.4 Å². The number of carbonyl (C=O) groups is 1. The normalized spacial score (nSPS) is 17.5. The number of benzene rings is 1. The van der Waals surface area contributed by atoms with Crippen molar-refractivity contribution < 1.29 is 4.79 Å². The van der Waals surface area contributed by atoms with Gasteiger partial charge in [0.05, 0.1) is 0 Å². The van der Waals surface area contributed by atoms with Crippen LogP contribution in [0.4, 0.5) is 5.82 Å². The minimum absolute atomic E-state index is 0.0663. The average Bonchev–Trinajstić information content (AvgIpc) is 2.71. The predicted molar refractivity (Wildman–Crippen MR) is 110 cm³/mol. The number of nitrogens with one attached hydrogen (secondary N) is 1. The number of aromatic nitrogens is 1. The highest BCUT2D eigenvalue weighted by atomic mass is 16.2. The summed E-state index contributed by atoms with van der Waals surface area (Å²) in [4.78, 5) is 20.6. The SMILES string of the molecule is CN(C)C(=O)c1cccc(NCC2CCCN(CCc3ccccc3)C2)n1. The molecule has 27 heavy (non-hydrogen) atoms. The van der Waals surface area contributed by atoms with Crippen molar-refractivity contribution in [3.05, 3.63) is 59.8 Å². The summed E-state index contributed by atoms with van der Waals surface area (Å²) in [6, 6.07) is 16.3. The number of piperidine rings is 1. The Hall–Kier alpha value is -2.40. The van der Waals surface area contributed by atoms with Crippen LogP contribution in [0.3, 0.4) is 0 Å². The molecule has 0 saturated carbocycles. The Morgan fingerprint density at radius 1 is 1.19 bits per heavy atom. The fourth-order valence-electron chi connectivity index (χ4n) is 3.58. The molecule has 1 amide bonds.